The van der Waals surface area contributed by atoms with Gasteiger partial charge in [0.05, 0.1) is 6.54 Å². The molecule has 0 aliphatic rings. The van der Waals surface area contributed by atoms with Crippen molar-refractivity contribution >= 4 is 11.9 Å². The molecular weight excluding hydrogens is 212 g/mol. The van der Waals surface area contributed by atoms with Crippen LogP contribution in [0.1, 0.15) is 28.3 Å². The van der Waals surface area contributed by atoms with E-state index in [1.54, 1.807) is 6.92 Å². The van der Waals surface area contributed by atoms with Crippen LogP contribution in [-0.2, 0) is 11.3 Å². The third-order valence-electron chi connectivity index (χ3n) is 2.05. The molecule has 6 heteroatoms. The molecule has 0 aromatic carbocycles. The number of aryl methyl sites for hydroxylation is 1. The minimum Gasteiger partial charge on any atom is -0.478 e. The molecule has 0 unspecified atom stereocenters. The van der Waals surface area contributed by atoms with E-state index in [9.17, 15) is 9.59 Å². The Morgan fingerprint density at radius 3 is 2.75 bits per heavy atom. The molecular formula is C10H14N2O4. The smallest absolute Gasteiger partial charge is 0.339 e. The summed E-state index contributed by atoms with van der Waals surface area (Å²) in [5.74, 6) is -0.488. The fraction of sp³-hybridized carbons (Fsp3) is 0.400. The van der Waals surface area contributed by atoms with Crippen LogP contribution in [0.2, 0.25) is 0 Å². The molecule has 0 spiro atoms. The van der Waals surface area contributed by atoms with Crippen LogP contribution < -0.4 is 11.1 Å². The van der Waals surface area contributed by atoms with E-state index in [0.29, 0.717) is 24.6 Å². The van der Waals surface area contributed by atoms with E-state index in [4.69, 9.17) is 15.3 Å². The SMILES string of the molecule is Cc1oc(CNCCC(N)=O)cc1C(=O)O. The van der Waals surface area contributed by atoms with Crippen LogP contribution in [0.3, 0.4) is 0 Å². The number of hydrogen-bond donors (Lipinski definition) is 3. The normalized spacial score (nSPS) is 10.3. The maximum Gasteiger partial charge on any atom is 0.339 e. The Bertz CT molecular complexity index is 398. The second-order valence-electron chi connectivity index (χ2n) is 3.38. The molecule has 1 rings (SSSR count). The molecule has 1 heterocycles. The van der Waals surface area contributed by atoms with Gasteiger partial charge in [0, 0.05) is 13.0 Å². The van der Waals surface area contributed by atoms with E-state index < -0.39 is 5.97 Å². The number of carbonyl (C=O) groups excluding carboxylic acids is 1. The Morgan fingerprint density at radius 2 is 2.25 bits per heavy atom. The van der Waals surface area contributed by atoms with Crippen molar-refractivity contribution < 1.29 is 19.1 Å². The number of nitrogens with two attached hydrogens (primary N) is 1. The van der Waals surface area contributed by atoms with E-state index in [1.165, 1.54) is 6.07 Å². The molecule has 6 nitrogen and oxygen atoms in total. The van der Waals surface area contributed by atoms with Gasteiger partial charge in [-0.15, -0.1) is 0 Å². The molecule has 1 aromatic heterocycles. The van der Waals surface area contributed by atoms with Gasteiger partial charge in [0.1, 0.15) is 17.1 Å². The Balaban J connectivity index is 2.46. The Kier molecular flexibility index (Phi) is 4.07. The highest BCUT2D eigenvalue weighted by Gasteiger charge is 2.13. The first kappa shape index (κ1) is 12.3. The summed E-state index contributed by atoms with van der Waals surface area (Å²) in [6.07, 6.45) is 0.242. The lowest BCUT2D eigenvalue weighted by molar-refractivity contribution is -0.117. The third kappa shape index (κ3) is 3.39. The van der Waals surface area contributed by atoms with Crippen LogP contribution in [0.5, 0.6) is 0 Å². The van der Waals surface area contributed by atoms with Gasteiger partial charge in [-0.05, 0) is 13.0 Å². The van der Waals surface area contributed by atoms with Crippen molar-refractivity contribution in [1.82, 2.24) is 5.32 Å². The third-order valence-corrected chi connectivity index (χ3v) is 2.05. The average molecular weight is 226 g/mol. The van der Waals surface area contributed by atoms with Gasteiger partial charge in [-0.3, -0.25) is 4.79 Å². The molecule has 0 saturated carbocycles. The number of furan rings is 1. The first-order chi connectivity index (χ1) is 7.50. The fourth-order valence-electron chi connectivity index (χ4n) is 1.27. The minimum absolute atomic E-state index is 0.159. The van der Waals surface area contributed by atoms with Crippen molar-refractivity contribution in [2.24, 2.45) is 5.73 Å². The van der Waals surface area contributed by atoms with Gasteiger partial charge < -0.3 is 20.6 Å². The van der Waals surface area contributed by atoms with Crippen LogP contribution in [0.25, 0.3) is 0 Å². The number of amides is 1. The van der Waals surface area contributed by atoms with Gasteiger partial charge in [0.2, 0.25) is 5.91 Å². The van der Waals surface area contributed by atoms with Gasteiger partial charge in [-0.25, -0.2) is 4.79 Å². The summed E-state index contributed by atoms with van der Waals surface area (Å²) in [5, 5.41) is 11.7. The zero-order valence-corrected chi connectivity index (χ0v) is 8.95. The minimum atomic E-state index is -1.01. The van der Waals surface area contributed by atoms with Crippen molar-refractivity contribution in [3.63, 3.8) is 0 Å². The van der Waals surface area contributed by atoms with Crippen LogP contribution in [-0.4, -0.2) is 23.5 Å². The second kappa shape index (κ2) is 5.32. The standard InChI is InChI=1S/C10H14N2O4/c1-6-8(10(14)15)4-7(16-6)5-12-3-2-9(11)13/h4,12H,2-3,5H2,1H3,(H2,11,13)(H,14,15). The Labute approximate surface area is 92.4 Å². The largest absolute Gasteiger partial charge is 0.478 e. The fourth-order valence-corrected chi connectivity index (χ4v) is 1.27. The number of nitrogens with one attached hydrogen (secondary N) is 1. The van der Waals surface area contributed by atoms with E-state index in [1.807, 2.05) is 0 Å². The molecule has 1 aromatic rings. The first-order valence-corrected chi connectivity index (χ1v) is 4.82. The second-order valence-corrected chi connectivity index (χ2v) is 3.38. The van der Waals surface area contributed by atoms with Crippen LogP contribution in [0, 0.1) is 6.92 Å². The number of primary amides is 1. The number of carboxylic acids is 1. The molecule has 0 aliphatic heterocycles. The lowest BCUT2D eigenvalue weighted by Gasteiger charge is -1.99. The highest BCUT2D eigenvalue weighted by Crippen LogP contribution is 2.14. The van der Waals surface area contributed by atoms with Crippen molar-refractivity contribution in [2.45, 2.75) is 19.9 Å². The zero-order valence-electron chi connectivity index (χ0n) is 8.95. The molecule has 0 saturated heterocycles. The molecule has 0 radical (unpaired) electrons. The Hall–Kier alpha value is -1.82. The summed E-state index contributed by atoms with van der Waals surface area (Å²) in [6.45, 7) is 2.41. The van der Waals surface area contributed by atoms with Gasteiger partial charge in [0.25, 0.3) is 0 Å². The van der Waals surface area contributed by atoms with E-state index in [0.717, 1.165) is 0 Å². The van der Waals surface area contributed by atoms with Crippen molar-refractivity contribution in [2.75, 3.05) is 6.54 Å². The summed E-state index contributed by atoms with van der Waals surface area (Å²) in [6, 6.07) is 1.47. The van der Waals surface area contributed by atoms with E-state index in [-0.39, 0.29) is 17.9 Å². The number of carboxylic acid groups (broad SMARTS) is 1. The van der Waals surface area contributed by atoms with E-state index in [2.05, 4.69) is 5.32 Å². The number of carbonyl (C=O) groups is 2. The van der Waals surface area contributed by atoms with E-state index >= 15 is 0 Å². The van der Waals surface area contributed by atoms with Crippen molar-refractivity contribution in [3.05, 3.63) is 23.2 Å². The molecule has 4 N–H and O–H groups in total. The molecule has 88 valence electrons. The highest BCUT2D eigenvalue weighted by molar-refractivity contribution is 5.88. The number of hydrogen-bond acceptors (Lipinski definition) is 4. The van der Waals surface area contributed by atoms with Gasteiger partial charge >= 0.3 is 5.97 Å². The number of aromatic carboxylic acids is 1. The highest BCUT2D eigenvalue weighted by atomic mass is 16.4. The molecule has 1 amide bonds. The quantitative estimate of drug-likeness (QED) is 0.603. The van der Waals surface area contributed by atoms with Crippen LogP contribution >= 0.6 is 0 Å². The average Bonchev–Trinajstić information content (AvgIpc) is 2.54. The molecule has 0 bridgehead atoms. The predicted octanol–water partition coefficient (Wildman–Crippen LogP) is 0.251. The summed E-state index contributed by atoms with van der Waals surface area (Å²) in [5.41, 5.74) is 5.12. The zero-order chi connectivity index (χ0) is 12.1. The first-order valence-electron chi connectivity index (χ1n) is 4.82. The van der Waals surface area contributed by atoms with Crippen molar-refractivity contribution in [1.29, 1.82) is 0 Å². The summed E-state index contributed by atoms with van der Waals surface area (Å²) < 4.78 is 5.22. The monoisotopic (exact) mass is 226 g/mol. The summed E-state index contributed by atoms with van der Waals surface area (Å²) >= 11 is 0. The van der Waals surface area contributed by atoms with Gasteiger partial charge in [-0.1, -0.05) is 0 Å². The molecule has 0 aliphatic carbocycles. The van der Waals surface area contributed by atoms with Gasteiger partial charge in [-0.2, -0.15) is 0 Å². The topological polar surface area (TPSA) is 106 Å². The van der Waals surface area contributed by atoms with Crippen LogP contribution in [0.15, 0.2) is 10.5 Å². The lowest BCUT2D eigenvalue weighted by atomic mass is 10.2. The van der Waals surface area contributed by atoms with Crippen molar-refractivity contribution in [3.8, 4) is 0 Å². The lowest BCUT2D eigenvalue weighted by Crippen LogP contribution is -2.21. The van der Waals surface area contributed by atoms with Gasteiger partial charge in [0.15, 0.2) is 0 Å². The predicted molar refractivity (Wildman–Crippen MR) is 55.9 cm³/mol. The molecule has 0 fully saturated rings. The summed E-state index contributed by atoms with van der Waals surface area (Å²) in [7, 11) is 0. The molecule has 0 atom stereocenters. The molecule has 16 heavy (non-hydrogen) atoms. The van der Waals surface area contributed by atoms with Crippen LogP contribution in [0.4, 0.5) is 0 Å². The maximum atomic E-state index is 10.7. The summed E-state index contributed by atoms with van der Waals surface area (Å²) in [4.78, 5) is 21.2. The Morgan fingerprint density at radius 1 is 1.56 bits per heavy atom. The number of rotatable bonds is 6. The maximum absolute atomic E-state index is 10.7.